The Morgan fingerprint density at radius 2 is 1.68 bits per heavy atom. The van der Waals surface area contributed by atoms with Crippen molar-refractivity contribution in [3.05, 3.63) is 64.7 Å². The lowest BCUT2D eigenvalue weighted by Gasteiger charge is -2.07. The van der Waals surface area contributed by atoms with E-state index in [9.17, 15) is 0 Å². The summed E-state index contributed by atoms with van der Waals surface area (Å²) >= 11 is 1.90. The van der Waals surface area contributed by atoms with Crippen molar-refractivity contribution in [2.75, 3.05) is 7.05 Å². The lowest BCUT2D eigenvalue weighted by Crippen LogP contribution is -2.04. The summed E-state index contributed by atoms with van der Waals surface area (Å²) in [6, 6.07) is 15.5. The van der Waals surface area contributed by atoms with Crippen LogP contribution in [0.2, 0.25) is 0 Å². The van der Waals surface area contributed by atoms with Gasteiger partial charge < -0.3 is 5.32 Å². The van der Waals surface area contributed by atoms with Crippen molar-refractivity contribution in [3.63, 3.8) is 0 Å². The Kier molecular flexibility index (Phi) is 5.06. The summed E-state index contributed by atoms with van der Waals surface area (Å²) < 4.78 is 0. The first-order valence-corrected chi connectivity index (χ1v) is 7.59. The molecule has 0 fully saturated rings. The topological polar surface area (TPSA) is 12.0 Å². The molecule has 0 aromatic heterocycles. The van der Waals surface area contributed by atoms with E-state index >= 15 is 0 Å². The van der Waals surface area contributed by atoms with Gasteiger partial charge in [-0.15, -0.1) is 11.8 Å². The summed E-state index contributed by atoms with van der Waals surface area (Å²) in [7, 11) is 1.98. The van der Waals surface area contributed by atoms with E-state index in [1.54, 1.807) is 0 Å². The van der Waals surface area contributed by atoms with Gasteiger partial charge >= 0.3 is 0 Å². The van der Waals surface area contributed by atoms with Crippen LogP contribution in [-0.2, 0) is 12.3 Å². The van der Waals surface area contributed by atoms with Gasteiger partial charge in [0.2, 0.25) is 0 Å². The number of benzene rings is 2. The molecule has 0 spiro atoms. The highest BCUT2D eigenvalue weighted by Crippen LogP contribution is 2.24. The maximum Gasteiger partial charge on any atom is 0.0232 e. The second-order valence-electron chi connectivity index (χ2n) is 4.96. The number of aryl methyl sites for hydroxylation is 2. The van der Waals surface area contributed by atoms with Crippen molar-refractivity contribution in [2.45, 2.75) is 31.0 Å². The Morgan fingerprint density at radius 1 is 0.947 bits per heavy atom. The molecular formula is C17H21NS. The summed E-state index contributed by atoms with van der Waals surface area (Å²) in [4.78, 5) is 1.34. The molecule has 19 heavy (non-hydrogen) atoms. The third-order valence-corrected chi connectivity index (χ3v) is 4.03. The van der Waals surface area contributed by atoms with Crippen LogP contribution >= 0.6 is 11.8 Å². The van der Waals surface area contributed by atoms with E-state index in [1.807, 2.05) is 18.8 Å². The van der Waals surface area contributed by atoms with Crippen molar-refractivity contribution in [2.24, 2.45) is 0 Å². The van der Waals surface area contributed by atoms with E-state index in [4.69, 9.17) is 0 Å². The zero-order valence-electron chi connectivity index (χ0n) is 11.9. The fourth-order valence-electron chi connectivity index (χ4n) is 2.27. The molecule has 2 rings (SSSR count). The zero-order chi connectivity index (χ0) is 13.7. The highest BCUT2D eigenvalue weighted by Gasteiger charge is 2.00. The highest BCUT2D eigenvalue weighted by molar-refractivity contribution is 7.98. The molecule has 0 amide bonds. The van der Waals surface area contributed by atoms with Gasteiger partial charge in [0.05, 0.1) is 0 Å². The molecule has 0 atom stereocenters. The number of hydrogen-bond acceptors (Lipinski definition) is 2. The molecular weight excluding hydrogens is 250 g/mol. The van der Waals surface area contributed by atoms with Gasteiger partial charge in [0.25, 0.3) is 0 Å². The van der Waals surface area contributed by atoms with E-state index in [0.717, 1.165) is 12.3 Å². The van der Waals surface area contributed by atoms with Crippen LogP contribution in [0.5, 0.6) is 0 Å². The first-order chi connectivity index (χ1) is 9.17. The van der Waals surface area contributed by atoms with Gasteiger partial charge in [-0.05, 0) is 44.2 Å². The van der Waals surface area contributed by atoms with Crippen molar-refractivity contribution in [1.82, 2.24) is 5.32 Å². The minimum Gasteiger partial charge on any atom is -0.316 e. The van der Waals surface area contributed by atoms with Crippen LogP contribution < -0.4 is 5.32 Å². The molecule has 0 heterocycles. The quantitative estimate of drug-likeness (QED) is 0.813. The van der Waals surface area contributed by atoms with Crippen LogP contribution in [0.3, 0.4) is 0 Å². The van der Waals surface area contributed by atoms with Gasteiger partial charge in [-0.3, -0.25) is 0 Å². The molecule has 2 aromatic rings. The van der Waals surface area contributed by atoms with E-state index in [0.29, 0.717) is 0 Å². The van der Waals surface area contributed by atoms with Crippen molar-refractivity contribution in [1.29, 1.82) is 0 Å². The van der Waals surface area contributed by atoms with Gasteiger partial charge in [0, 0.05) is 17.2 Å². The molecule has 0 saturated carbocycles. The molecule has 0 bridgehead atoms. The van der Waals surface area contributed by atoms with Crippen LogP contribution in [0, 0.1) is 13.8 Å². The average Bonchev–Trinajstić information content (AvgIpc) is 2.36. The van der Waals surface area contributed by atoms with Gasteiger partial charge in [-0.2, -0.15) is 0 Å². The third kappa shape index (κ3) is 4.41. The van der Waals surface area contributed by atoms with Gasteiger partial charge in [-0.1, -0.05) is 41.5 Å². The molecule has 0 saturated heterocycles. The Labute approximate surface area is 120 Å². The van der Waals surface area contributed by atoms with E-state index in [1.165, 1.54) is 27.1 Å². The fraction of sp³-hybridized carbons (Fsp3) is 0.294. The van der Waals surface area contributed by atoms with Gasteiger partial charge in [0.1, 0.15) is 0 Å². The second kappa shape index (κ2) is 6.78. The third-order valence-electron chi connectivity index (χ3n) is 2.97. The van der Waals surface area contributed by atoms with E-state index in [2.05, 4.69) is 61.6 Å². The Morgan fingerprint density at radius 3 is 2.37 bits per heavy atom. The normalized spacial score (nSPS) is 10.7. The summed E-state index contributed by atoms with van der Waals surface area (Å²) in [6.45, 7) is 5.25. The Balaban J connectivity index is 2.03. The molecule has 0 aliphatic heterocycles. The van der Waals surface area contributed by atoms with Gasteiger partial charge in [-0.25, -0.2) is 0 Å². The zero-order valence-corrected chi connectivity index (χ0v) is 12.7. The molecule has 2 heteroatoms. The Bertz CT molecular complexity index is 528. The SMILES string of the molecule is CNCc1cccc(SCc2cc(C)cc(C)c2)c1. The average molecular weight is 271 g/mol. The van der Waals surface area contributed by atoms with Crippen LogP contribution in [0.25, 0.3) is 0 Å². The van der Waals surface area contributed by atoms with Crippen molar-refractivity contribution < 1.29 is 0 Å². The molecule has 2 aromatic carbocycles. The van der Waals surface area contributed by atoms with Crippen LogP contribution in [0.15, 0.2) is 47.4 Å². The fourth-order valence-corrected chi connectivity index (χ4v) is 3.18. The lowest BCUT2D eigenvalue weighted by atomic mass is 10.1. The summed E-state index contributed by atoms with van der Waals surface area (Å²) in [6.07, 6.45) is 0. The van der Waals surface area contributed by atoms with Crippen molar-refractivity contribution >= 4 is 11.8 Å². The standard InChI is InChI=1S/C17H21NS/c1-13-7-14(2)9-16(8-13)12-19-17-6-4-5-15(10-17)11-18-3/h4-10,18H,11-12H2,1-3H3. The molecule has 1 N–H and O–H groups in total. The maximum atomic E-state index is 3.19. The summed E-state index contributed by atoms with van der Waals surface area (Å²) in [5.41, 5.74) is 5.44. The Hall–Kier alpha value is -1.25. The lowest BCUT2D eigenvalue weighted by molar-refractivity contribution is 0.815. The summed E-state index contributed by atoms with van der Waals surface area (Å²) in [5, 5.41) is 3.19. The van der Waals surface area contributed by atoms with Crippen molar-refractivity contribution in [3.8, 4) is 0 Å². The van der Waals surface area contributed by atoms with Crippen LogP contribution in [0.1, 0.15) is 22.3 Å². The molecule has 0 unspecified atom stereocenters. The minimum absolute atomic E-state index is 0.929. The van der Waals surface area contributed by atoms with E-state index < -0.39 is 0 Å². The van der Waals surface area contributed by atoms with Gasteiger partial charge in [0.15, 0.2) is 0 Å². The smallest absolute Gasteiger partial charge is 0.0232 e. The predicted octanol–water partition coefficient (Wildman–Crippen LogP) is 4.32. The highest BCUT2D eigenvalue weighted by atomic mass is 32.2. The molecule has 100 valence electrons. The monoisotopic (exact) mass is 271 g/mol. The molecule has 0 aliphatic rings. The summed E-state index contributed by atoms with van der Waals surface area (Å²) in [5.74, 6) is 1.03. The largest absolute Gasteiger partial charge is 0.316 e. The van der Waals surface area contributed by atoms with Crippen LogP contribution in [0.4, 0.5) is 0 Å². The number of thioether (sulfide) groups is 1. The first kappa shape index (κ1) is 14.2. The molecule has 0 aliphatic carbocycles. The molecule has 0 radical (unpaired) electrons. The van der Waals surface area contributed by atoms with Crippen LogP contribution in [-0.4, -0.2) is 7.05 Å². The maximum absolute atomic E-state index is 3.19. The predicted molar refractivity (Wildman–Crippen MR) is 84.7 cm³/mol. The van der Waals surface area contributed by atoms with E-state index in [-0.39, 0.29) is 0 Å². The second-order valence-corrected chi connectivity index (χ2v) is 6.01. The first-order valence-electron chi connectivity index (χ1n) is 6.61. The minimum atomic E-state index is 0.929. The number of hydrogen-bond donors (Lipinski definition) is 1. The number of nitrogens with one attached hydrogen (secondary N) is 1. The number of rotatable bonds is 5. The molecule has 1 nitrogen and oxygen atoms in total.